The number of aromatic nitrogens is 4. The van der Waals surface area contributed by atoms with E-state index in [-0.39, 0.29) is 0 Å². The van der Waals surface area contributed by atoms with Crippen molar-refractivity contribution in [3.8, 4) is 6.07 Å². The third-order valence-electron chi connectivity index (χ3n) is 8.31. The van der Waals surface area contributed by atoms with E-state index in [1.54, 1.807) is 11.3 Å². The zero-order valence-electron chi connectivity index (χ0n) is 22.4. The Kier molecular flexibility index (Phi) is 7.48. The molecule has 0 saturated carbocycles. The van der Waals surface area contributed by atoms with E-state index in [9.17, 15) is 0 Å². The molecular formula is C27H38N10S. The van der Waals surface area contributed by atoms with Crippen molar-refractivity contribution in [1.82, 2.24) is 34.9 Å². The van der Waals surface area contributed by atoms with Gasteiger partial charge in [0.05, 0.1) is 11.5 Å². The molecule has 202 valence electrons. The molecule has 0 aliphatic carbocycles. The second kappa shape index (κ2) is 11.1. The van der Waals surface area contributed by atoms with E-state index in [1.807, 2.05) is 13.0 Å². The molecular weight excluding hydrogens is 496 g/mol. The Bertz CT molecular complexity index is 1270. The van der Waals surface area contributed by atoms with Gasteiger partial charge in [0, 0.05) is 80.5 Å². The van der Waals surface area contributed by atoms with Gasteiger partial charge in [-0.05, 0) is 45.7 Å². The summed E-state index contributed by atoms with van der Waals surface area (Å²) in [6.45, 7) is 8.25. The van der Waals surface area contributed by atoms with Crippen LogP contribution < -0.4 is 10.6 Å². The summed E-state index contributed by atoms with van der Waals surface area (Å²) in [5.74, 6) is 2.26. The predicted molar refractivity (Wildman–Crippen MR) is 152 cm³/mol. The molecule has 3 aliphatic rings. The molecule has 3 fully saturated rings. The molecule has 3 aliphatic heterocycles. The zero-order chi connectivity index (χ0) is 26.1. The van der Waals surface area contributed by atoms with Crippen molar-refractivity contribution in [2.24, 2.45) is 0 Å². The molecule has 6 heterocycles. The summed E-state index contributed by atoms with van der Waals surface area (Å²) in [5.41, 5.74) is 1.01. The van der Waals surface area contributed by atoms with Crippen molar-refractivity contribution >= 4 is 39.1 Å². The van der Waals surface area contributed by atoms with Gasteiger partial charge in [0.1, 0.15) is 10.6 Å². The van der Waals surface area contributed by atoms with Crippen molar-refractivity contribution in [3.05, 3.63) is 22.7 Å². The number of hydrogen-bond donors (Lipinski definition) is 3. The molecule has 0 radical (unpaired) electrons. The summed E-state index contributed by atoms with van der Waals surface area (Å²) in [4.78, 5) is 19.8. The van der Waals surface area contributed by atoms with Crippen LogP contribution >= 0.6 is 11.3 Å². The lowest BCUT2D eigenvalue weighted by atomic mass is 9.81. The molecule has 11 heteroatoms. The number of H-pyrrole nitrogens is 1. The van der Waals surface area contributed by atoms with Crippen LogP contribution in [0.5, 0.6) is 0 Å². The summed E-state index contributed by atoms with van der Waals surface area (Å²) >= 11 is 1.77. The first kappa shape index (κ1) is 25.5. The predicted octanol–water partition coefficient (Wildman–Crippen LogP) is 3.92. The van der Waals surface area contributed by atoms with Gasteiger partial charge < -0.3 is 15.5 Å². The van der Waals surface area contributed by atoms with Gasteiger partial charge in [0.25, 0.3) is 0 Å². The number of nitrogens with one attached hydrogen (secondary N) is 3. The van der Waals surface area contributed by atoms with Gasteiger partial charge in [0.2, 0.25) is 5.95 Å². The fraction of sp³-hybridized carbons (Fsp3) is 0.630. The van der Waals surface area contributed by atoms with Gasteiger partial charge in [0.15, 0.2) is 5.82 Å². The standard InChI is InChI=1S/C27H38N10S/c1-18-13-24(34-33-18)30-25-23-16-22(17-36-11-9-35(2)10-12-36)38-26(23)32-27(31-25)29-19-14-20-5-3-6-21(15-19)37(20)8-4-7-28/h13,16,19-21H,3-6,8-12,14-15,17H2,1-2H3,(H3,29,30,31,32,33,34). The van der Waals surface area contributed by atoms with E-state index < -0.39 is 0 Å². The van der Waals surface area contributed by atoms with E-state index in [4.69, 9.17) is 15.2 Å². The number of aromatic amines is 1. The molecule has 0 aromatic carbocycles. The number of nitriles is 1. The van der Waals surface area contributed by atoms with Crippen LogP contribution in [0.4, 0.5) is 17.6 Å². The average Bonchev–Trinajstić information content (AvgIpc) is 3.49. The second-order valence-corrected chi connectivity index (χ2v) is 12.3. The van der Waals surface area contributed by atoms with Crippen molar-refractivity contribution in [3.63, 3.8) is 0 Å². The van der Waals surface area contributed by atoms with Crippen molar-refractivity contribution in [1.29, 1.82) is 5.26 Å². The van der Waals surface area contributed by atoms with Gasteiger partial charge in [-0.25, -0.2) is 4.98 Å². The highest BCUT2D eigenvalue weighted by Gasteiger charge is 2.38. The largest absolute Gasteiger partial charge is 0.351 e. The van der Waals surface area contributed by atoms with Crippen LogP contribution in [-0.2, 0) is 6.54 Å². The number of hydrogen-bond acceptors (Lipinski definition) is 10. The molecule has 2 atom stereocenters. The lowest BCUT2D eigenvalue weighted by molar-refractivity contribution is 0.0369. The van der Waals surface area contributed by atoms with Crippen molar-refractivity contribution < 1.29 is 0 Å². The number of thiophene rings is 1. The third kappa shape index (κ3) is 5.64. The van der Waals surface area contributed by atoms with Crippen LogP contribution in [-0.4, -0.2) is 92.8 Å². The normalized spacial score (nSPS) is 24.9. The Hall–Kier alpha value is -2.78. The summed E-state index contributed by atoms with van der Waals surface area (Å²) < 4.78 is 0. The molecule has 6 rings (SSSR count). The van der Waals surface area contributed by atoms with Crippen LogP contribution in [0.2, 0.25) is 0 Å². The number of rotatable bonds is 8. The number of piperazine rings is 1. The van der Waals surface area contributed by atoms with Crippen LogP contribution in [0.25, 0.3) is 10.2 Å². The lowest BCUT2D eigenvalue weighted by Crippen LogP contribution is -2.55. The SMILES string of the molecule is Cc1cc(Nc2nc(NC3CC4CCCC(C3)N4CCC#N)nc3sc(CN4CCN(C)CC4)cc23)n[nH]1. The molecule has 3 aromatic rings. The van der Waals surface area contributed by atoms with E-state index in [0.29, 0.717) is 30.5 Å². The van der Waals surface area contributed by atoms with Gasteiger partial charge >= 0.3 is 0 Å². The van der Waals surface area contributed by atoms with E-state index in [2.05, 4.69) is 54.7 Å². The molecule has 2 bridgehead atoms. The maximum atomic E-state index is 9.11. The zero-order valence-corrected chi connectivity index (χ0v) is 23.2. The van der Waals surface area contributed by atoms with E-state index in [1.165, 1.54) is 24.1 Å². The first-order chi connectivity index (χ1) is 18.5. The fourth-order valence-electron chi connectivity index (χ4n) is 6.36. The van der Waals surface area contributed by atoms with Gasteiger partial charge in [-0.3, -0.25) is 14.9 Å². The molecule has 0 spiro atoms. The number of aryl methyl sites for hydroxylation is 1. The number of anilines is 3. The average molecular weight is 535 g/mol. The lowest BCUT2D eigenvalue weighted by Gasteiger charge is -2.48. The highest BCUT2D eigenvalue weighted by molar-refractivity contribution is 7.18. The van der Waals surface area contributed by atoms with Crippen LogP contribution in [0.3, 0.4) is 0 Å². The molecule has 38 heavy (non-hydrogen) atoms. The highest BCUT2D eigenvalue weighted by Crippen LogP contribution is 2.36. The van der Waals surface area contributed by atoms with Crippen LogP contribution in [0.1, 0.15) is 49.1 Å². The minimum atomic E-state index is 0.339. The summed E-state index contributed by atoms with van der Waals surface area (Å²) in [5, 5.41) is 24.7. The van der Waals surface area contributed by atoms with Gasteiger partial charge in [-0.2, -0.15) is 15.3 Å². The fourth-order valence-corrected chi connectivity index (χ4v) is 7.43. The van der Waals surface area contributed by atoms with Gasteiger partial charge in [-0.15, -0.1) is 11.3 Å². The number of fused-ring (bicyclic) bond motifs is 3. The van der Waals surface area contributed by atoms with Gasteiger partial charge in [-0.1, -0.05) is 6.42 Å². The molecule has 0 amide bonds. The summed E-state index contributed by atoms with van der Waals surface area (Å²) in [7, 11) is 2.19. The monoisotopic (exact) mass is 534 g/mol. The van der Waals surface area contributed by atoms with Crippen molar-refractivity contribution in [2.75, 3.05) is 50.4 Å². The van der Waals surface area contributed by atoms with Crippen LogP contribution in [0, 0.1) is 18.3 Å². The Morgan fingerprint density at radius 1 is 1.13 bits per heavy atom. The summed E-state index contributed by atoms with van der Waals surface area (Å²) in [6, 6.07) is 8.00. The first-order valence-corrected chi connectivity index (χ1v) is 14.8. The molecule has 2 unspecified atom stereocenters. The smallest absolute Gasteiger partial charge is 0.226 e. The second-order valence-electron chi connectivity index (χ2n) is 11.2. The maximum Gasteiger partial charge on any atom is 0.226 e. The Morgan fingerprint density at radius 2 is 1.92 bits per heavy atom. The Morgan fingerprint density at radius 3 is 2.63 bits per heavy atom. The Labute approximate surface area is 228 Å². The third-order valence-corrected chi connectivity index (χ3v) is 9.33. The quantitative estimate of drug-likeness (QED) is 0.396. The van der Waals surface area contributed by atoms with E-state index in [0.717, 1.165) is 79.7 Å². The molecule has 3 saturated heterocycles. The molecule has 3 N–H and O–H groups in total. The Balaban J connectivity index is 1.24. The number of piperidine rings is 2. The molecule has 3 aromatic heterocycles. The summed E-state index contributed by atoms with van der Waals surface area (Å²) in [6.07, 6.45) is 6.47. The molecule has 10 nitrogen and oxygen atoms in total. The minimum Gasteiger partial charge on any atom is -0.351 e. The number of nitrogens with zero attached hydrogens (tertiary/aromatic N) is 7. The highest BCUT2D eigenvalue weighted by atomic mass is 32.1. The van der Waals surface area contributed by atoms with Crippen LogP contribution in [0.15, 0.2) is 12.1 Å². The number of likely N-dealkylation sites (N-methyl/N-ethyl adjacent to an activating group) is 1. The first-order valence-electron chi connectivity index (χ1n) is 13.9. The van der Waals surface area contributed by atoms with Crippen molar-refractivity contribution in [2.45, 2.75) is 70.1 Å². The van der Waals surface area contributed by atoms with E-state index >= 15 is 0 Å². The minimum absolute atomic E-state index is 0.339. The topological polar surface area (TPSA) is 112 Å². The maximum absolute atomic E-state index is 9.11.